The van der Waals surface area contributed by atoms with Crippen LogP contribution in [0.25, 0.3) is 0 Å². The lowest BCUT2D eigenvalue weighted by Crippen LogP contribution is -2.52. The van der Waals surface area contributed by atoms with Gasteiger partial charge < -0.3 is 15.0 Å². The predicted octanol–water partition coefficient (Wildman–Crippen LogP) is 1.35. The monoisotopic (exact) mass is 381 g/mol. The highest BCUT2D eigenvalue weighted by atomic mass is 32.2. The van der Waals surface area contributed by atoms with Crippen LogP contribution in [0, 0.1) is 0 Å². The Hall–Kier alpha value is -1.64. The fourth-order valence-electron chi connectivity index (χ4n) is 3.65. The molecule has 2 aliphatic rings. The van der Waals surface area contributed by atoms with E-state index >= 15 is 0 Å². The number of benzene rings is 1. The summed E-state index contributed by atoms with van der Waals surface area (Å²) in [6.45, 7) is 4.05. The van der Waals surface area contributed by atoms with E-state index in [0.717, 1.165) is 38.8 Å². The van der Waals surface area contributed by atoms with Gasteiger partial charge in [0, 0.05) is 37.3 Å². The molecule has 1 saturated heterocycles. The standard InChI is InChI=1S/C18H27N3O4S/c1-13-12-19-9-10-21(13)18(22)14-7-8-16(25-2)17(11-14)26(23,24)20-15-5-3-4-6-15/h7-8,11,13,15,19-20H,3-6,9-10,12H2,1-2H3. The quantitative estimate of drug-likeness (QED) is 0.804. The number of nitrogens with zero attached hydrogens (tertiary/aromatic N) is 1. The number of hydrogen-bond acceptors (Lipinski definition) is 5. The molecule has 1 unspecified atom stereocenters. The minimum atomic E-state index is -3.74. The van der Waals surface area contributed by atoms with Crippen LogP contribution in [-0.2, 0) is 10.0 Å². The van der Waals surface area contributed by atoms with Crippen LogP contribution in [0.2, 0.25) is 0 Å². The predicted molar refractivity (Wildman–Crippen MR) is 98.9 cm³/mol. The molecule has 26 heavy (non-hydrogen) atoms. The summed E-state index contributed by atoms with van der Waals surface area (Å²) < 4.78 is 33.7. The fourth-order valence-corrected chi connectivity index (χ4v) is 5.15. The Morgan fingerprint density at radius 1 is 1.31 bits per heavy atom. The van der Waals surface area contributed by atoms with Crippen molar-refractivity contribution in [3.63, 3.8) is 0 Å². The normalized spacial score (nSPS) is 21.8. The molecular weight excluding hydrogens is 354 g/mol. The second kappa shape index (κ2) is 7.94. The third kappa shape index (κ3) is 4.02. The Kier molecular flexibility index (Phi) is 5.84. The Morgan fingerprint density at radius 3 is 2.69 bits per heavy atom. The second-order valence-corrected chi connectivity index (χ2v) is 8.70. The molecule has 0 radical (unpaired) electrons. The number of ether oxygens (including phenoxy) is 1. The summed E-state index contributed by atoms with van der Waals surface area (Å²) in [4.78, 5) is 14.7. The summed E-state index contributed by atoms with van der Waals surface area (Å²) in [5.41, 5.74) is 0.367. The molecule has 1 amide bonds. The Bertz CT molecular complexity index is 760. The highest BCUT2D eigenvalue weighted by molar-refractivity contribution is 7.89. The molecule has 8 heteroatoms. The highest BCUT2D eigenvalue weighted by Crippen LogP contribution is 2.28. The first-order valence-electron chi connectivity index (χ1n) is 9.14. The van der Waals surface area contributed by atoms with E-state index in [1.54, 1.807) is 17.0 Å². The maximum atomic E-state index is 12.9. The highest BCUT2D eigenvalue weighted by Gasteiger charge is 2.29. The molecule has 2 fully saturated rings. The van der Waals surface area contributed by atoms with Crippen molar-refractivity contribution in [2.75, 3.05) is 26.7 Å². The van der Waals surface area contributed by atoms with Gasteiger partial charge in [-0.3, -0.25) is 4.79 Å². The first-order chi connectivity index (χ1) is 12.4. The van der Waals surface area contributed by atoms with E-state index in [1.165, 1.54) is 13.2 Å². The number of piperazine rings is 1. The van der Waals surface area contributed by atoms with Gasteiger partial charge >= 0.3 is 0 Å². The number of hydrogen-bond donors (Lipinski definition) is 2. The average molecular weight is 381 g/mol. The Labute approximate surface area is 155 Å². The van der Waals surface area contributed by atoms with Gasteiger partial charge in [-0.15, -0.1) is 0 Å². The zero-order valence-corrected chi connectivity index (χ0v) is 16.1. The number of rotatable bonds is 5. The number of sulfonamides is 1. The molecule has 1 heterocycles. The number of methoxy groups -OCH3 is 1. The van der Waals surface area contributed by atoms with Crippen molar-refractivity contribution in [3.05, 3.63) is 23.8 Å². The topological polar surface area (TPSA) is 87.7 Å². The number of carbonyl (C=O) groups excluding carboxylic acids is 1. The maximum Gasteiger partial charge on any atom is 0.254 e. The van der Waals surface area contributed by atoms with Crippen LogP contribution < -0.4 is 14.8 Å². The van der Waals surface area contributed by atoms with Crippen molar-refractivity contribution in [2.45, 2.75) is 49.6 Å². The molecule has 1 aromatic carbocycles. The van der Waals surface area contributed by atoms with E-state index in [9.17, 15) is 13.2 Å². The van der Waals surface area contributed by atoms with Crippen LogP contribution in [-0.4, -0.2) is 58.1 Å². The second-order valence-electron chi connectivity index (χ2n) is 7.02. The largest absolute Gasteiger partial charge is 0.495 e. The average Bonchev–Trinajstić information content (AvgIpc) is 3.13. The van der Waals surface area contributed by atoms with Crippen LogP contribution in [0.15, 0.2) is 23.1 Å². The number of carbonyl (C=O) groups is 1. The summed E-state index contributed by atoms with van der Waals surface area (Å²) in [7, 11) is -2.31. The molecule has 0 bridgehead atoms. The molecule has 0 spiro atoms. The third-order valence-corrected chi connectivity index (χ3v) is 6.68. The van der Waals surface area contributed by atoms with Crippen LogP contribution in [0.3, 0.4) is 0 Å². The van der Waals surface area contributed by atoms with Crippen LogP contribution in [0.4, 0.5) is 0 Å². The number of amides is 1. The summed E-state index contributed by atoms with van der Waals surface area (Å²) in [5.74, 6) is 0.0966. The lowest BCUT2D eigenvalue weighted by Gasteiger charge is -2.34. The summed E-state index contributed by atoms with van der Waals surface area (Å²) >= 11 is 0. The van der Waals surface area contributed by atoms with Gasteiger partial charge in [-0.25, -0.2) is 13.1 Å². The first-order valence-corrected chi connectivity index (χ1v) is 10.6. The van der Waals surface area contributed by atoms with Gasteiger partial charge in [-0.1, -0.05) is 12.8 Å². The van der Waals surface area contributed by atoms with Gasteiger partial charge in [0.25, 0.3) is 5.91 Å². The Morgan fingerprint density at radius 2 is 2.04 bits per heavy atom. The molecule has 1 atom stereocenters. The molecule has 144 valence electrons. The Balaban J connectivity index is 1.89. The SMILES string of the molecule is COc1ccc(C(=O)N2CCNCC2C)cc1S(=O)(=O)NC1CCCC1. The van der Waals surface area contributed by atoms with E-state index in [4.69, 9.17) is 4.74 Å². The zero-order valence-electron chi connectivity index (χ0n) is 15.3. The van der Waals surface area contributed by atoms with Crippen molar-refractivity contribution < 1.29 is 17.9 Å². The molecule has 7 nitrogen and oxygen atoms in total. The van der Waals surface area contributed by atoms with Gasteiger partial charge in [-0.05, 0) is 38.0 Å². The molecule has 1 saturated carbocycles. The smallest absolute Gasteiger partial charge is 0.254 e. The third-order valence-electron chi connectivity index (χ3n) is 5.14. The van der Waals surface area contributed by atoms with Gasteiger partial charge in [0.05, 0.1) is 7.11 Å². The molecule has 2 N–H and O–H groups in total. The van der Waals surface area contributed by atoms with E-state index < -0.39 is 10.0 Å². The van der Waals surface area contributed by atoms with E-state index in [2.05, 4.69) is 10.0 Å². The van der Waals surface area contributed by atoms with Crippen molar-refractivity contribution >= 4 is 15.9 Å². The van der Waals surface area contributed by atoms with Gasteiger partial charge in [0.15, 0.2) is 0 Å². The first kappa shape index (κ1) is 19.1. The minimum absolute atomic E-state index is 0.0283. The van der Waals surface area contributed by atoms with Gasteiger partial charge in [-0.2, -0.15) is 0 Å². The van der Waals surface area contributed by atoms with E-state index in [1.807, 2.05) is 6.92 Å². The van der Waals surface area contributed by atoms with Gasteiger partial charge in [0.1, 0.15) is 10.6 Å². The molecule has 0 aromatic heterocycles. The molecule has 1 aromatic rings. The van der Waals surface area contributed by atoms with Crippen molar-refractivity contribution in [1.82, 2.24) is 14.9 Å². The van der Waals surface area contributed by atoms with Crippen molar-refractivity contribution in [3.8, 4) is 5.75 Å². The summed E-state index contributed by atoms with van der Waals surface area (Å²) in [6.07, 6.45) is 3.75. The molecule has 1 aliphatic heterocycles. The van der Waals surface area contributed by atoms with Crippen LogP contribution in [0.1, 0.15) is 43.0 Å². The van der Waals surface area contributed by atoms with Crippen molar-refractivity contribution in [2.24, 2.45) is 0 Å². The lowest BCUT2D eigenvalue weighted by atomic mass is 10.1. The van der Waals surface area contributed by atoms with Crippen LogP contribution >= 0.6 is 0 Å². The van der Waals surface area contributed by atoms with E-state index in [0.29, 0.717) is 12.1 Å². The fraction of sp³-hybridized carbons (Fsp3) is 0.611. The van der Waals surface area contributed by atoms with Gasteiger partial charge in [0.2, 0.25) is 10.0 Å². The zero-order chi connectivity index (χ0) is 18.7. The van der Waals surface area contributed by atoms with Crippen LogP contribution in [0.5, 0.6) is 5.75 Å². The lowest BCUT2D eigenvalue weighted by molar-refractivity contribution is 0.0655. The van der Waals surface area contributed by atoms with E-state index in [-0.39, 0.29) is 28.6 Å². The summed E-state index contributed by atoms with van der Waals surface area (Å²) in [5, 5.41) is 3.25. The molecule has 3 rings (SSSR count). The maximum absolute atomic E-state index is 12.9. The summed E-state index contributed by atoms with van der Waals surface area (Å²) in [6, 6.07) is 4.65. The molecular formula is C18H27N3O4S. The molecule has 1 aliphatic carbocycles. The number of nitrogens with one attached hydrogen (secondary N) is 2. The minimum Gasteiger partial charge on any atom is -0.495 e. The van der Waals surface area contributed by atoms with Crippen molar-refractivity contribution in [1.29, 1.82) is 0 Å².